The van der Waals surface area contributed by atoms with Gasteiger partial charge in [0.15, 0.2) is 0 Å². The van der Waals surface area contributed by atoms with Crippen molar-refractivity contribution in [1.29, 1.82) is 0 Å². The molecule has 4 atom stereocenters. The standard InChI is InChI=1S/C42H39BN2S/c1-3-12-26-24-32(26)30-16-10-22-38-41(30)45(42-31(17-11-23-39(42)46-38)33-25-27(33)13-4-2)43-34-18-6-8-21-37(34)44-36-20-7-5-14-28(36)29-15-9-19-35(43)40(29)44/h5-11,14-23,26-27,32-33H,3-4,12-13,24-25H2,1-2H3. The molecule has 5 aromatic carbocycles. The molecule has 46 heavy (non-hydrogen) atoms. The first kappa shape index (κ1) is 27.2. The molecule has 6 aromatic rings. The van der Waals surface area contributed by atoms with E-state index in [9.17, 15) is 0 Å². The summed E-state index contributed by atoms with van der Waals surface area (Å²) in [6, 6.07) is 39.7. The van der Waals surface area contributed by atoms with E-state index in [1.807, 2.05) is 11.8 Å². The SMILES string of the molecule is CCCC1CC1c1cccc2c1N(B1c3ccccc3-n3c4ccccc4c4cccc1c43)c1c(cccc1C1CC1CCC)S2. The van der Waals surface area contributed by atoms with E-state index in [1.54, 1.807) is 11.1 Å². The highest BCUT2D eigenvalue weighted by atomic mass is 32.2. The van der Waals surface area contributed by atoms with Gasteiger partial charge in [0, 0.05) is 37.6 Å². The number of hydrogen-bond donors (Lipinski definition) is 0. The molecule has 4 aliphatic rings. The lowest BCUT2D eigenvalue weighted by molar-refractivity contribution is 0.685. The number of nitrogens with zero attached hydrogens (tertiary/aromatic N) is 2. The Morgan fingerprint density at radius 3 is 1.91 bits per heavy atom. The molecule has 0 radical (unpaired) electrons. The fourth-order valence-corrected chi connectivity index (χ4v) is 10.5. The van der Waals surface area contributed by atoms with Crippen LogP contribution in [0.1, 0.15) is 75.3 Å². The van der Waals surface area contributed by atoms with Crippen LogP contribution in [0.4, 0.5) is 11.4 Å². The summed E-state index contributed by atoms with van der Waals surface area (Å²) in [5.41, 5.74) is 12.9. The Morgan fingerprint density at radius 1 is 0.630 bits per heavy atom. The molecule has 0 bridgehead atoms. The van der Waals surface area contributed by atoms with E-state index < -0.39 is 0 Å². The molecule has 10 rings (SSSR count). The summed E-state index contributed by atoms with van der Waals surface area (Å²) in [7, 11) is 0. The van der Waals surface area contributed by atoms with Gasteiger partial charge >= 0.3 is 6.85 Å². The van der Waals surface area contributed by atoms with E-state index in [4.69, 9.17) is 0 Å². The summed E-state index contributed by atoms with van der Waals surface area (Å²) in [6.45, 7) is 4.78. The highest BCUT2D eigenvalue weighted by Gasteiger charge is 2.48. The lowest BCUT2D eigenvalue weighted by atomic mass is 9.46. The number of anilines is 2. The maximum Gasteiger partial charge on any atom is 0.332 e. The van der Waals surface area contributed by atoms with Gasteiger partial charge in [-0.25, -0.2) is 0 Å². The third kappa shape index (κ3) is 3.86. The van der Waals surface area contributed by atoms with E-state index in [0.29, 0.717) is 11.8 Å². The summed E-state index contributed by atoms with van der Waals surface area (Å²) >= 11 is 2.01. The topological polar surface area (TPSA) is 8.17 Å². The van der Waals surface area contributed by atoms with Gasteiger partial charge in [0.2, 0.25) is 0 Å². The van der Waals surface area contributed by atoms with Crippen LogP contribution in [0, 0.1) is 11.8 Å². The van der Waals surface area contributed by atoms with Crippen LogP contribution in [0.5, 0.6) is 0 Å². The van der Waals surface area contributed by atoms with Crippen molar-refractivity contribution < 1.29 is 0 Å². The average molecular weight is 615 g/mol. The van der Waals surface area contributed by atoms with Crippen LogP contribution in [0.3, 0.4) is 0 Å². The molecule has 2 aliphatic carbocycles. The van der Waals surface area contributed by atoms with E-state index >= 15 is 0 Å². The molecule has 2 fully saturated rings. The van der Waals surface area contributed by atoms with Gasteiger partial charge in [0.1, 0.15) is 0 Å². The van der Waals surface area contributed by atoms with Crippen molar-refractivity contribution in [2.45, 2.75) is 74.0 Å². The Morgan fingerprint density at radius 2 is 1.22 bits per heavy atom. The Labute approximate surface area is 276 Å². The largest absolute Gasteiger partial charge is 0.375 e. The maximum atomic E-state index is 2.86. The lowest BCUT2D eigenvalue weighted by Crippen LogP contribution is -2.59. The Kier molecular flexibility index (Phi) is 6.11. The molecule has 1 aromatic heterocycles. The first-order chi connectivity index (χ1) is 22.8. The van der Waals surface area contributed by atoms with Crippen LogP contribution >= 0.6 is 11.8 Å². The number of aromatic nitrogens is 1. The van der Waals surface area contributed by atoms with Crippen molar-refractivity contribution in [3.05, 3.63) is 114 Å². The van der Waals surface area contributed by atoms with Crippen molar-refractivity contribution in [3.8, 4) is 5.69 Å². The molecule has 226 valence electrons. The summed E-state index contributed by atoms with van der Waals surface area (Å²) in [5, 5.41) is 2.70. The van der Waals surface area contributed by atoms with Crippen molar-refractivity contribution in [1.82, 2.24) is 4.57 Å². The number of fused-ring (bicyclic) bond motifs is 7. The molecule has 0 N–H and O–H groups in total. The molecular weight excluding hydrogens is 575 g/mol. The van der Waals surface area contributed by atoms with Crippen molar-refractivity contribution in [2.75, 3.05) is 4.81 Å². The number of benzene rings is 5. The fraction of sp³-hybridized carbons (Fsp3) is 0.286. The van der Waals surface area contributed by atoms with Crippen LogP contribution in [0.25, 0.3) is 27.5 Å². The molecule has 4 heteroatoms. The van der Waals surface area contributed by atoms with Gasteiger partial charge in [-0.15, -0.1) is 0 Å². The monoisotopic (exact) mass is 614 g/mol. The number of rotatable bonds is 7. The predicted molar refractivity (Wildman–Crippen MR) is 196 cm³/mol. The Hall–Kier alpha value is -3.89. The molecule has 3 heterocycles. The Balaban J connectivity index is 1.28. The fourth-order valence-electron chi connectivity index (χ4n) is 9.37. The zero-order valence-corrected chi connectivity index (χ0v) is 27.6. The zero-order valence-electron chi connectivity index (χ0n) is 26.7. The molecule has 2 nitrogen and oxygen atoms in total. The first-order valence-corrected chi connectivity index (χ1v) is 18.4. The second-order valence-corrected chi connectivity index (χ2v) is 15.3. The molecule has 0 spiro atoms. The van der Waals surface area contributed by atoms with E-state index in [1.165, 1.54) is 98.1 Å². The van der Waals surface area contributed by atoms with Gasteiger partial charge in [0.25, 0.3) is 0 Å². The third-order valence-corrected chi connectivity index (χ3v) is 12.6. The second-order valence-electron chi connectivity index (χ2n) is 14.2. The summed E-state index contributed by atoms with van der Waals surface area (Å²) in [5.74, 6) is 2.92. The van der Waals surface area contributed by atoms with Gasteiger partial charge < -0.3 is 9.38 Å². The molecule has 2 aliphatic heterocycles. The summed E-state index contributed by atoms with van der Waals surface area (Å²) in [6.07, 6.45) is 7.84. The third-order valence-electron chi connectivity index (χ3n) is 11.5. The van der Waals surface area contributed by atoms with Gasteiger partial charge in [-0.2, -0.15) is 0 Å². The van der Waals surface area contributed by atoms with Crippen LogP contribution < -0.4 is 15.7 Å². The molecule has 0 saturated heterocycles. The van der Waals surface area contributed by atoms with Crippen molar-refractivity contribution >= 4 is 62.7 Å². The minimum absolute atomic E-state index is 0.0872. The van der Waals surface area contributed by atoms with Crippen molar-refractivity contribution in [3.63, 3.8) is 0 Å². The van der Waals surface area contributed by atoms with Crippen molar-refractivity contribution in [2.24, 2.45) is 11.8 Å². The summed E-state index contributed by atoms with van der Waals surface area (Å²) < 4.78 is 2.56. The number of para-hydroxylation sites is 5. The number of hydrogen-bond acceptors (Lipinski definition) is 2. The van der Waals surface area contributed by atoms with E-state index in [0.717, 1.165) is 11.8 Å². The maximum absolute atomic E-state index is 2.86. The van der Waals surface area contributed by atoms with Gasteiger partial charge in [0.05, 0.1) is 11.0 Å². The molecule has 4 unspecified atom stereocenters. The average Bonchev–Trinajstić information content (AvgIpc) is 4.01. The van der Waals surface area contributed by atoms with Crippen LogP contribution in [0.15, 0.2) is 113 Å². The zero-order chi connectivity index (χ0) is 30.5. The minimum Gasteiger partial charge on any atom is -0.375 e. The van der Waals surface area contributed by atoms with Gasteiger partial charge in [-0.05, 0) is 82.8 Å². The smallest absolute Gasteiger partial charge is 0.332 e. The minimum atomic E-state index is 0.0872. The predicted octanol–water partition coefficient (Wildman–Crippen LogP) is 10.3. The van der Waals surface area contributed by atoms with Gasteiger partial charge in [-0.3, -0.25) is 0 Å². The summed E-state index contributed by atoms with van der Waals surface area (Å²) in [4.78, 5) is 5.70. The molecular formula is C42H39BN2S. The lowest BCUT2D eigenvalue weighted by Gasteiger charge is -2.42. The second kappa shape index (κ2) is 10.3. The normalized spacial score (nSPS) is 22.1. The van der Waals surface area contributed by atoms with Crippen LogP contribution in [-0.2, 0) is 0 Å². The van der Waals surface area contributed by atoms with Gasteiger partial charge in [-0.1, -0.05) is 130 Å². The highest BCUT2D eigenvalue weighted by Crippen LogP contribution is 2.61. The molecule has 0 amide bonds. The van der Waals surface area contributed by atoms with E-state index in [-0.39, 0.29) is 6.85 Å². The molecule has 2 saturated carbocycles. The van der Waals surface area contributed by atoms with Crippen LogP contribution in [-0.4, -0.2) is 11.4 Å². The quantitative estimate of drug-likeness (QED) is 0.165. The Bertz CT molecular complexity index is 2110. The van der Waals surface area contributed by atoms with Crippen LogP contribution in [0.2, 0.25) is 0 Å². The highest BCUT2D eigenvalue weighted by molar-refractivity contribution is 7.99. The first-order valence-electron chi connectivity index (χ1n) is 17.6. The van der Waals surface area contributed by atoms with E-state index in [2.05, 4.69) is 126 Å².